The normalized spacial score (nSPS) is 12.6. The van der Waals surface area contributed by atoms with Gasteiger partial charge in [-0.3, -0.25) is 0 Å². The molecule has 0 fully saturated rings. The van der Waals surface area contributed by atoms with E-state index in [2.05, 4.69) is 24.3 Å². The van der Waals surface area contributed by atoms with E-state index in [1.54, 1.807) is 12.1 Å². The van der Waals surface area contributed by atoms with Crippen LogP contribution in [0.5, 0.6) is 0 Å². The Morgan fingerprint density at radius 3 is 2.05 bits per heavy atom. The largest absolute Gasteiger partial charge is 0.382 e. The number of halogens is 2. The number of thioether (sulfide) groups is 1. The van der Waals surface area contributed by atoms with E-state index in [4.69, 9.17) is 23.2 Å². The maximum absolute atomic E-state index is 9.79. The Bertz CT molecular complexity index is 671. The first-order chi connectivity index (χ1) is 10.5. The average molecular weight is 356 g/mol. The minimum absolute atomic E-state index is 0.443. The first kappa shape index (κ1) is 17.6. The van der Waals surface area contributed by atoms with Gasteiger partial charge in [-0.1, -0.05) is 59.2 Å². The zero-order valence-corrected chi connectivity index (χ0v) is 14.9. The van der Waals surface area contributed by atoms with Crippen molar-refractivity contribution in [2.45, 2.75) is 16.8 Å². The standard InChI is InChI=1S/C11H15Cl2NOS.C6H4/c1-14(2)6-5-11(15)16-10-4-3-8(12)7-9(10)13;1-2-6-4-3-5(1)6/h3-4,7,11,15H,5-6H2,1-2H3;1-4H. The molecule has 2 aliphatic rings. The Morgan fingerprint density at radius 1 is 1.05 bits per heavy atom. The molecule has 1 aromatic carbocycles. The molecule has 1 N–H and O–H groups in total. The molecule has 0 saturated heterocycles. The van der Waals surface area contributed by atoms with Gasteiger partial charge in [0, 0.05) is 16.5 Å². The minimum atomic E-state index is -0.443. The van der Waals surface area contributed by atoms with Gasteiger partial charge >= 0.3 is 0 Å². The highest BCUT2D eigenvalue weighted by Crippen LogP contribution is 2.32. The highest BCUT2D eigenvalue weighted by atomic mass is 35.5. The van der Waals surface area contributed by atoms with Crippen molar-refractivity contribution in [1.82, 2.24) is 4.90 Å². The van der Waals surface area contributed by atoms with Crippen LogP contribution in [0.4, 0.5) is 0 Å². The first-order valence-electron chi connectivity index (χ1n) is 7.00. The highest BCUT2D eigenvalue weighted by molar-refractivity contribution is 7.99. The number of aliphatic hydroxyl groups excluding tert-OH is 1. The summed E-state index contributed by atoms with van der Waals surface area (Å²) in [5.74, 6) is 0. The monoisotopic (exact) mass is 355 g/mol. The predicted octanol–water partition coefficient (Wildman–Crippen LogP) is 4.64. The maximum atomic E-state index is 9.79. The number of aliphatic hydroxyl groups is 1. The van der Waals surface area contributed by atoms with Crippen molar-refractivity contribution in [2.24, 2.45) is 0 Å². The topological polar surface area (TPSA) is 23.5 Å². The van der Waals surface area contributed by atoms with Crippen LogP contribution in [0.15, 0.2) is 47.4 Å². The van der Waals surface area contributed by atoms with E-state index in [-0.39, 0.29) is 0 Å². The number of hydrogen-bond acceptors (Lipinski definition) is 3. The molecule has 0 heterocycles. The molecule has 0 radical (unpaired) electrons. The van der Waals surface area contributed by atoms with Crippen molar-refractivity contribution in [1.29, 1.82) is 0 Å². The third-order valence-electron chi connectivity index (χ3n) is 3.20. The average Bonchev–Trinajstić information content (AvgIpc) is 2.44. The number of nitrogens with zero attached hydrogens (tertiary/aromatic N) is 1. The molecule has 0 bridgehead atoms. The molecule has 0 spiro atoms. The molecular weight excluding hydrogens is 337 g/mol. The first-order valence-corrected chi connectivity index (χ1v) is 8.64. The van der Waals surface area contributed by atoms with Crippen LogP contribution in [0, 0.1) is 10.4 Å². The van der Waals surface area contributed by atoms with Gasteiger partial charge in [0.2, 0.25) is 0 Å². The molecule has 1 unspecified atom stereocenters. The summed E-state index contributed by atoms with van der Waals surface area (Å²) in [4.78, 5) is 2.89. The lowest BCUT2D eigenvalue weighted by atomic mass is 10.1. The highest BCUT2D eigenvalue weighted by Gasteiger charge is 2.09. The Hall–Kier alpha value is -0.710. The Labute approximate surface area is 145 Å². The number of hydrogen-bond donors (Lipinski definition) is 1. The summed E-state index contributed by atoms with van der Waals surface area (Å²) in [6.07, 6.45) is 0.705. The quantitative estimate of drug-likeness (QED) is 0.532. The maximum Gasteiger partial charge on any atom is 0.105 e. The second kappa shape index (κ2) is 8.23. The van der Waals surface area contributed by atoms with Crippen molar-refractivity contribution in [3.05, 3.63) is 62.9 Å². The molecule has 0 aliphatic heterocycles. The van der Waals surface area contributed by atoms with Crippen molar-refractivity contribution < 1.29 is 5.11 Å². The van der Waals surface area contributed by atoms with Crippen molar-refractivity contribution >= 4 is 35.0 Å². The van der Waals surface area contributed by atoms with Gasteiger partial charge in [0.15, 0.2) is 0 Å². The molecule has 0 saturated carbocycles. The fourth-order valence-electron chi connectivity index (χ4n) is 1.81. The molecule has 3 rings (SSSR count). The van der Waals surface area contributed by atoms with Crippen LogP contribution < -0.4 is 0 Å². The van der Waals surface area contributed by atoms with E-state index in [1.165, 1.54) is 22.2 Å². The lowest BCUT2D eigenvalue weighted by molar-refractivity contribution is 0.232. The van der Waals surface area contributed by atoms with E-state index in [0.717, 1.165) is 11.4 Å². The summed E-state index contributed by atoms with van der Waals surface area (Å²) in [5.41, 5.74) is -0.443. The fraction of sp³-hybridized carbons (Fsp3) is 0.294. The van der Waals surface area contributed by atoms with Gasteiger partial charge in [0.25, 0.3) is 0 Å². The molecule has 0 aromatic heterocycles. The van der Waals surface area contributed by atoms with Crippen LogP contribution in [0.3, 0.4) is 0 Å². The van der Waals surface area contributed by atoms with Crippen molar-refractivity contribution in [3.8, 4) is 0 Å². The number of benzene rings is 2. The Kier molecular flexibility index (Phi) is 6.60. The third-order valence-corrected chi connectivity index (χ3v) is 4.98. The summed E-state index contributed by atoms with van der Waals surface area (Å²) in [6, 6.07) is 13.8. The van der Waals surface area contributed by atoms with Crippen LogP contribution in [-0.4, -0.2) is 36.1 Å². The van der Waals surface area contributed by atoms with Crippen molar-refractivity contribution in [3.63, 3.8) is 0 Å². The molecule has 2 nitrogen and oxygen atoms in total. The molecule has 118 valence electrons. The van der Waals surface area contributed by atoms with Crippen LogP contribution in [0.2, 0.25) is 10.0 Å². The predicted molar refractivity (Wildman–Crippen MR) is 95.6 cm³/mol. The van der Waals surface area contributed by atoms with E-state index in [1.807, 2.05) is 25.1 Å². The van der Waals surface area contributed by atoms with Crippen LogP contribution >= 0.6 is 35.0 Å². The van der Waals surface area contributed by atoms with Crippen LogP contribution in [-0.2, 0) is 0 Å². The van der Waals surface area contributed by atoms with Gasteiger partial charge in [0.1, 0.15) is 5.44 Å². The van der Waals surface area contributed by atoms with Gasteiger partial charge < -0.3 is 10.0 Å². The lowest BCUT2D eigenvalue weighted by Crippen LogP contribution is -2.17. The van der Waals surface area contributed by atoms with Gasteiger partial charge in [-0.25, -0.2) is 0 Å². The van der Waals surface area contributed by atoms with E-state index in [9.17, 15) is 5.11 Å². The second-order valence-electron chi connectivity index (χ2n) is 5.32. The molecule has 2 aliphatic carbocycles. The summed E-state index contributed by atoms with van der Waals surface area (Å²) >= 11 is 13.2. The molecule has 0 amide bonds. The minimum Gasteiger partial charge on any atom is -0.382 e. The zero-order valence-electron chi connectivity index (χ0n) is 12.6. The third kappa shape index (κ3) is 5.18. The van der Waals surface area contributed by atoms with Gasteiger partial charge in [-0.15, -0.1) is 0 Å². The summed E-state index contributed by atoms with van der Waals surface area (Å²) < 4.78 is 0. The SMILES string of the molecule is CN(C)CCC(O)Sc1ccc(Cl)cc1Cl.c1cc2ccc1=2. The molecule has 1 atom stereocenters. The van der Waals surface area contributed by atoms with Gasteiger partial charge in [0.05, 0.1) is 5.02 Å². The van der Waals surface area contributed by atoms with Gasteiger partial charge in [-0.2, -0.15) is 0 Å². The van der Waals surface area contributed by atoms with Crippen LogP contribution in [0.25, 0.3) is 0 Å². The van der Waals surface area contributed by atoms with Gasteiger partial charge in [-0.05, 0) is 49.2 Å². The smallest absolute Gasteiger partial charge is 0.105 e. The summed E-state index contributed by atoms with van der Waals surface area (Å²) in [6.45, 7) is 0.847. The molecular formula is C17H19Cl2NOS. The summed E-state index contributed by atoms with van der Waals surface area (Å²) in [5, 5.41) is 13.8. The Balaban J connectivity index is 0.000000238. The Morgan fingerprint density at radius 2 is 1.64 bits per heavy atom. The molecule has 1 aromatic rings. The fourth-order valence-corrected chi connectivity index (χ4v) is 3.18. The number of rotatable bonds is 5. The second-order valence-corrected chi connectivity index (χ2v) is 7.38. The molecule has 5 heteroatoms. The molecule has 22 heavy (non-hydrogen) atoms. The summed E-state index contributed by atoms with van der Waals surface area (Å²) in [7, 11) is 3.96. The van der Waals surface area contributed by atoms with E-state index < -0.39 is 5.44 Å². The lowest BCUT2D eigenvalue weighted by Gasteiger charge is -2.14. The van der Waals surface area contributed by atoms with E-state index in [0.29, 0.717) is 16.5 Å². The van der Waals surface area contributed by atoms with Crippen LogP contribution in [0.1, 0.15) is 6.42 Å². The zero-order chi connectivity index (χ0) is 16.1. The van der Waals surface area contributed by atoms with Crippen molar-refractivity contribution in [2.75, 3.05) is 20.6 Å². The van der Waals surface area contributed by atoms with E-state index >= 15 is 0 Å².